The quantitative estimate of drug-likeness (QED) is 0.438. The van der Waals surface area contributed by atoms with Gasteiger partial charge >= 0.3 is 11.1 Å². The Morgan fingerprint density at radius 2 is 1.56 bits per heavy atom. The molecule has 2 heterocycles. The molecule has 1 N–H and O–H groups in total. The highest BCUT2D eigenvalue weighted by molar-refractivity contribution is 5.94. The Morgan fingerprint density at radius 3 is 2.22 bits per heavy atom. The van der Waals surface area contributed by atoms with Crippen LogP contribution in [0.15, 0.2) is 70.8 Å². The Balaban J connectivity index is 1.51. The Kier molecular flexibility index (Phi) is 6.66. The summed E-state index contributed by atoms with van der Waals surface area (Å²) >= 11 is 0. The van der Waals surface area contributed by atoms with Crippen molar-refractivity contribution in [2.75, 3.05) is 26.2 Å². The van der Waals surface area contributed by atoms with Crippen molar-refractivity contribution in [2.45, 2.75) is 25.9 Å². The van der Waals surface area contributed by atoms with Crippen molar-refractivity contribution in [1.82, 2.24) is 19.4 Å². The number of para-hydroxylation sites is 2. The zero-order chi connectivity index (χ0) is 22.5. The smallest absolute Gasteiger partial charge is 0.317 e. The fourth-order valence-electron chi connectivity index (χ4n) is 4.22. The monoisotopic (exact) mass is 432 g/mol. The lowest BCUT2D eigenvalue weighted by atomic mass is 10.1. The van der Waals surface area contributed by atoms with Gasteiger partial charge in [0, 0.05) is 25.2 Å². The van der Waals surface area contributed by atoms with Crippen molar-refractivity contribution in [3.8, 4) is 0 Å². The van der Waals surface area contributed by atoms with E-state index >= 15 is 0 Å². The molecule has 0 radical (unpaired) electrons. The average molecular weight is 433 g/mol. The molecular formula is C25H28N4O3. The van der Waals surface area contributed by atoms with Crippen LogP contribution in [0.4, 0.5) is 0 Å². The average Bonchev–Trinajstić information content (AvgIpc) is 3.33. The number of allylic oxidation sites excluding steroid dienone is 1. The fourth-order valence-corrected chi connectivity index (χ4v) is 4.22. The van der Waals surface area contributed by atoms with Crippen LogP contribution in [0.2, 0.25) is 0 Å². The van der Waals surface area contributed by atoms with E-state index in [4.69, 9.17) is 0 Å². The van der Waals surface area contributed by atoms with E-state index < -0.39 is 11.1 Å². The van der Waals surface area contributed by atoms with Crippen LogP contribution in [0.5, 0.6) is 0 Å². The molecule has 32 heavy (non-hydrogen) atoms. The third kappa shape index (κ3) is 4.57. The molecule has 1 fully saturated rings. The number of likely N-dealkylation sites (tertiary alicyclic amines) is 1. The lowest BCUT2D eigenvalue weighted by Gasteiger charge is -2.15. The second-order valence-corrected chi connectivity index (χ2v) is 8.09. The van der Waals surface area contributed by atoms with Gasteiger partial charge < -0.3 is 10.2 Å². The molecule has 0 spiro atoms. The molecule has 7 heteroatoms. The van der Waals surface area contributed by atoms with Gasteiger partial charge in [0.25, 0.3) is 5.91 Å². The van der Waals surface area contributed by atoms with E-state index in [0.29, 0.717) is 23.1 Å². The molecule has 1 amide bonds. The minimum absolute atomic E-state index is 0.106. The number of amides is 1. The second kappa shape index (κ2) is 9.78. The number of hydrogen-bond acceptors (Lipinski definition) is 4. The highest BCUT2D eigenvalue weighted by Gasteiger charge is 2.14. The number of carbonyl (C=O) groups excluding carboxylic acids is 1. The maximum Gasteiger partial charge on any atom is 0.317 e. The topological polar surface area (TPSA) is 76.3 Å². The maximum atomic E-state index is 12.8. The van der Waals surface area contributed by atoms with Gasteiger partial charge in [-0.15, -0.1) is 6.58 Å². The number of fused-ring (bicyclic) bond motifs is 1. The molecular weight excluding hydrogens is 404 g/mol. The Labute approximate surface area is 186 Å². The molecule has 1 saturated heterocycles. The van der Waals surface area contributed by atoms with E-state index in [1.165, 1.54) is 22.0 Å². The number of aromatic nitrogens is 2. The summed E-state index contributed by atoms with van der Waals surface area (Å²) in [4.78, 5) is 40.2. The van der Waals surface area contributed by atoms with E-state index in [1.807, 2.05) is 36.4 Å². The zero-order valence-electron chi connectivity index (χ0n) is 18.1. The van der Waals surface area contributed by atoms with Crippen LogP contribution in [-0.4, -0.2) is 46.1 Å². The minimum Gasteiger partial charge on any atom is -0.351 e. The van der Waals surface area contributed by atoms with Gasteiger partial charge in [-0.1, -0.05) is 30.3 Å². The Hall–Kier alpha value is -3.45. The van der Waals surface area contributed by atoms with Crippen molar-refractivity contribution < 1.29 is 4.79 Å². The molecule has 7 nitrogen and oxygen atoms in total. The molecule has 3 aromatic rings. The maximum absolute atomic E-state index is 12.8. The Morgan fingerprint density at radius 1 is 0.938 bits per heavy atom. The van der Waals surface area contributed by atoms with E-state index in [0.717, 1.165) is 25.2 Å². The zero-order valence-corrected chi connectivity index (χ0v) is 18.1. The third-order valence-corrected chi connectivity index (χ3v) is 5.92. The highest BCUT2D eigenvalue weighted by Crippen LogP contribution is 2.13. The van der Waals surface area contributed by atoms with Crippen LogP contribution < -0.4 is 16.4 Å². The van der Waals surface area contributed by atoms with E-state index in [-0.39, 0.29) is 19.0 Å². The summed E-state index contributed by atoms with van der Waals surface area (Å²) in [5.74, 6) is -0.106. The van der Waals surface area contributed by atoms with Crippen LogP contribution in [0, 0.1) is 0 Å². The fraction of sp³-hybridized carbons (Fsp3) is 0.320. The molecule has 1 aliphatic rings. The summed E-state index contributed by atoms with van der Waals surface area (Å²) in [6, 6.07) is 14.5. The molecule has 4 rings (SSSR count). The largest absolute Gasteiger partial charge is 0.351 e. The summed E-state index contributed by atoms with van der Waals surface area (Å²) in [5.41, 5.74) is 1.64. The van der Waals surface area contributed by atoms with E-state index in [2.05, 4.69) is 16.8 Å². The molecule has 1 aromatic heterocycles. The minimum atomic E-state index is -0.575. The summed E-state index contributed by atoms with van der Waals surface area (Å²) < 4.78 is 2.93. The van der Waals surface area contributed by atoms with Crippen LogP contribution >= 0.6 is 0 Å². The van der Waals surface area contributed by atoms with Crippen LogP contribution in [0.3, 0.4) is 0 Å². The Bertz CT molecular complexity index is 1230. The normalized spacial score (nSPS) is 14.0. The lowest BCUT2D eigenvalue weighted by molar-refractivity contribution is 0.0949. The molecule has 0 unspecified atom stereocenters. The van der Waals surface area contributed by atoms with Gasteiger partial charge in [0.1, 0.15) is 0 Å². The van der Waals surface area contributed by atoms with E-state index in [1.54, 1.807) is 18.2 Å². The molecule has 0 aliphatic carbocycles. The van der Waals surface area contributed by atoms with Gasteiger partial charge in [-0.25, -0.2) is 0 Å². The van der Waals surface area contributed by atoms with Crippen molar-refractivity contribution in [3.63, 3.8) is 0 Å². The molecule has 2 aromatic carbocycles. The van der Waals surface area contributed by atoms with Gasteiger partial charge in [-0.3, -0.25) is 23.5 Å². The van der Waals surface area contributed by atoms with Crippen molar-refractivity contribution in [3.05, 3.63) is 93.0 Å². The number of nitrogens with zero attached hydrogens (tertiary/aromatic N) is 3. The van der Waals surface area contributed by atoms with Crippen molar-refractivity contribution in [1.29, 1.82) is 0 Å². The SMILES string of the molecule is C=CCn1c(=O)c(=O)n(Cc2ccc(C(=O)NCCN3CCCC3)cc2)c2ccccc21. The van der Waals surface area contributed by atoms with Gasteiger partial charge in [0.2, 0.25) is 0 Å². The van der Waals surface area contributed by atoms with Gasteiger partial charge in [-0.2, -0.15) is 0 Å². The first-order valence-corrected chi connectivity index (χ1v) is 11.0. The van der Waals surface area contributed by atoms with Gasteiger partial charge in [-0.05, 0) is 55.8 Å². The summed E-state index contributed by atoms with van der Waals surface area (Å²) in [5, 5.41) is 2.97. The number of rotatable bonds is 8. The lowest BCUT2D eigenvalue weighted by Crippen LogP contribution is -2.41. The predicted octanol–water partition coefficient (Wildman–Crippen LogP) is 2.22. The van der Waals surface area contributed by atoms with Crippen LogP contribution in [-0.2, 0) is 13.1 Å². The molecule has 0 atom stereocenters. The number of nitrogens with one attached hydrogen (secondary N) is 1. The molecule has 0 bridgehead atoms. The standard InChI is InChI=1S/C25H28N4O3/c1-2-14-28-21-7-3-4-8-22(21)29(25(32)24(28)31)18-19-9-11-20(12-10-19)23(30)26-13-17-27-15-5-6-16-27/h2-4,7-12H,1,5-6,13-18H2,(H,26,30). The third-order valence-electron chi connectivity index (χ3n) is 5.92. The molecule has 1 aliphatic heterocycles. The highest BCUT2D eigenvalue weighted by atomic mass is 16.2. The van der Waals surface area contributed by atoms with E-state index in [9.17, 15) is 14.4 Å². The molecule has 166 valence electrons. The predicted molar refractivity (Wildman–Crippen MR) is 126 cm³/mol. The van der Waals surface area contributed by atoms with Crippen molar-refractivity contribution >= 4 is 16.9 Å². The van der Waals surface area contributed by atoms with Gasteiger partial charge in [0.05, 0.1) is 17.6 Å². The second-order valence-electron chi connectivity index (χ2n) is 8.09. The molecule has 0 saturated carbocycles. The summed E-state index contributed by atoms with van der Waals surface area (Å²) in [6.45, 7) is 7.92. The van der Waals surface area contributed by atoms with Crippen LogP contribution in [0.1, 0.15) is 28.8 Å². The van der Waals surface area contributed by atoms with Gasteiger partial charge in [0.15, 0.2) is 0 Å². The first-order valence-electron chi connectivity index (χ1n) is 11.0. The number of hydrogen-bond donors (Lipinski definition) is 1. The number of carbonyl (C=O) groups is 1. The summed E-state index contributed by atoms with van der Waals surface area (Å²) in [7, 11) is 0. The first kappa shape index (κ1) is 21.8. The van der Waals surface area contributed by atoms with Crippen molar-refractivity contribution in [2.24, 2.45) is 0 Å². The first-order chi connectivity index (χ1) is 15.6. The number of benzene rings is 2. The summed E-state index contributed by atoms with van der Waals surface area (Å²) in [6.07, 6.45) is 4.07. The van der Waals surface area contributed by atoms with Crippen LogP contribution in [0.25, 0.3) is 11.0 Å².